The Morgan fingerprint density at radius 3 is 2.94 bits per heavy atom. The second-order valence-corrected chi connectivity index (χ2v) is 3.63. The fraction of sp³-hybridized carbons (Fsp3) is 0.300. The predicted octanol–water partition coefficient (Wildman–Crippen LogP) is 0.325. The molecule has 1 heterocycles. The van der Waals surface area contributed by atoms with Gasteiger partial charge in [-0.25, -0.2) is 0 Å². The van der Waals surface area contributed by atoms with Crippen molar-refractivity contribution in [3.8, 4) is 0 Å². The van der Waals surface area contributed by atoms with Gasteiger partial charge in [0.05, 0.1) is 19.0 Å². The summed E-state index contributed by atoms with van der Waals surface area (Å²) < 4.78 is 4.58. The van der Waals surface area contributed by atoms with Crippen LogP contribution in [0.15, 0.2) is 18.5 Å². The maximum Gasteiger partial charge on any atom is 0.325 e. The Kier molecular flexibility index (Phi) is 4.19. The van der Waals surface area contributed by atoms with E-state index >= 15 is 0 Å². The molecule has 0 atom stereocenters. The smallest absolute Gasteiger partial charge is 0.325 e. The molecule has 0 amide bonds. The molecule has 0 aliphatic heterocycles. The number of methoxy groups -OCH3 is 1. The fourth-order valence-corrected chi connectivity index (χ4v) is 1.41. The first-order valence-corrected chi connectivity index (χ1v) is 4.99. The van der Waals surface area contributed by atoms with Crippen LogP contribution in [-0.4, -0.2) is 36.6 Å². The first-order chi connectivity index (χ1) is 7.56. The molecular formula is C10H13N3O2S. The highest BCUT2D eigenvalue weighted by Gasteiger charge is 2.12. The summed E-state index contributed by atoms with van der Waals surface area (Å²) in [6, 6.07) is 1.71. The zero-order valence-corrected chi connectivity index (χ0v) is 9.95. The monoisotopic (exact) mass is 239 g/mol. The summed E-state index contributed by atoms with van der Waals surface area (Å²) in [5, 5.41) is 0. The average Bonchev–Trinajstić information content (AvgIpc) is 2.28. The van der Waals surface area contributed by atoms with Crippen LogP contribution in [0.25, 0.3) is 0 Å². The zero-order chi connectivity index (χ0) is 12.1. The lowest BCUT2D eigenvalue weighted by Crippen LogP contribution is -2.28. The molecule has 1 rings (SSSR count). The molecular weight excluding hydrogens is 226 g/mol. The van der Waals surface area contributed by atoms with Crippen LogP contribution < -0.4 is 10.6 Å². The first-order valence-electron chi connectivity index (χ1n) is 4.58. The van der Waals surface area contributed by atoms with Gasteiger partial charge in [-0.05, 0) is 6.07 Å². The highest BCUT2D eigenvalue weighted by Crippen LogP contribution is 2.17. The molecule has 0 aliphatic carbocycles. The molecule has 0 saturated carbocycles. The molecule has 0 spiro atoms. The zero-order valence-electron chi connectivity index (χ0n) is 9.14. The Bertz CT molecular complexity index is 409. The topological polar surface area (TPSA) is 68.5 Å². The Morgan fingerprint density at radius 1 is 1.69 bits per heavy atom. The van der Waals surface area contributed by atoms with Gasteiger partial charge in [0.15, 0.2) is 0 Å². The number of esters is 1. The van der Waals surface area contributed by atoms with Gasteiger partial charge < -0.3 is 15.4 Å². The van der Waals surface area contributed by atoms with E-state index in [4.69, 9.17) is 18.0 Å². The van der Waals surface area contributed by atoms with Gasteiger partial charge in [-0.2, -0.15) is 0 Å². The van der Waals surface area contributed by atoms with Gasteiger partial charge in [0.1, 0.15) is 11.5 Å². The SMILES string of the molecule is COC(=O)CN(C)c1cnccc1C(N)=S. The van der Waals surface area contributed by atoms with Crippen LogP contribution >= 0.6 is 12.2 Å². The van der Waals surface area contributed by atoms with Gasteiger partial charge >= 0.3 is 5.97 Å². The minimum absolute atomic E-state index is 0.123. The van der Waals surface area contributed by atoms with Crippen LogP contribution in [0.3, 0.4) is 0 Å². The molecule has 16 heavy (non-hydrogen) atoms. The van der Waals surface area contributed by atoms with Crippen LogP contribution in [0, 0.1) is 0 Å². The second-order valence-electron chi connectivity index (χ2n) is 3.19. The lowest BCUT2D eigenvalue weighted by atomic mass is 10.2. The van der Waals surface area contributed by atoms with Crippen LogP contribution in [0.1, 0.15) is 5.56 Å². The number of likely N-dealkylation sites (N-methyl/N-ethyl adjacent to an activating group) is 1. The van der Waals surface area contributed by atoms with Crippen molar-refractivity contribution in [3.05, 3.63) is 24.0 Å². The number of thiocarbonyl (C=S) groups is 1. The number of carbonyl (C=O) groups is 1. The number of anilines is 1. The van der Waals surface area contributed by atoms with E-state index in [2.05, 4.69) is 9.72 Å². The molecule has 0 unspecified atom stereocenters. The lowest BCUT2D eigenvalue weighted by molar-refractivity contribution is -0.138. The number of pyridine rings is 1. The lowest BCUT2D eigenvalue weighted by Gasteiger charge is -2.19. The number of hydrogen-bond donors (Lipinski definition) is 1. The molecule has 0 bridgehead atoms. The number of nitrogens with two attached hydrogens (primary N) is 1. The molecule has 1 aromatic heterocycles. The summed E-state index contributed by atoms with van der Waals surface area (Å²) in [5.74, 6) is -0.333. The highest BCUT2D eigenvalue weighted by atomic mass is 32.1. The van der Waals surface area contributed by atoms with E-state index in [0.29, 0.717) is 11.3 Å². The molecule has 0 saturated heterocycles. The summed E-state index contributed by atoms with van der Waals surface area (Å²) >= 11 is 4.92. The van der Waals surface area contributed by atoms with Crippen molar-refractivity contribution in [1.29, 1.82) is 0 Å². The van der Waals surface area contributed by atoms with Crippen molar-refractivity contribution in [3.63, 3.8) is 0 Å². The number of hydrogen-bond acceptors (Lipinski definition) is 5. The van der Waals surface area contributed by atoms with E-state index in [9.17, 15) is 4.79 Å². The number of nitrogens with zero attached hydrogens (tertiary/aromatic N) is 2. The minimum atomic E-state index is -0.333. The summed E-state index contributed by atoms with van der Waals surface area (Å²) in [6.45, 7) is 0.123. The van der Waals surface area contributed by atoms with E-state index in [1.807, 2.05) is 0 Å². The van der Waals surface area contributed by atoms with Crippen LogP contribution in [0.5, 0.6) is 0 Å². The Balaban J connectivity index is 2.94. The maximum absolute atomic E-state index is 11.1. The van der Waals surface area contributed by atoms with Crippen molar-refractivity contribution >= 4 is 28.9 Å². The van der Waals surface area contributed by atoms with Crippen molar-refractivity contribution < 1.29 is 9.53 Å². The van der Waals surface area contributed by atoms with Crippen LogP contribution in [-0.2, 0) is 9.53 Å². The molecule has 2 N–H and O–H groups in total. The van der Waals surface area contributed by atoms with E-state index in [-0.39, 0.29) is 17.5 Å². The summed E-state index contributed by atoms with van der Waals surface area (Å²) in [6.07, 6.45) is 3.21. The Labute approximate surface area is 99.2 Å². The van der Waals surface area contributed by atoms with Gasteiger partial charge in [0.2, 0.25) is 0 Å². The summed E-state index contributed by atoms with van der Waals surface area (Å²) in [5.41, 5.74) is 6.98. The van der Waals surface area contributed by atoms with E-state index in [0.717, 1.165) is 0 Å². The van der Waals surface area contributed by atoms with Gasteiger partial charge in [-0.1, -0.05) is 12.2 Å². The molecule has 6 heteroatoms. The van der Waals surface area contributed by atoms with Crippen LogP contribution in [0.2, 0.25) is 0 Å². The summed E-state index contributed by atoms with van der Waals surface area (Å²) in [7, 11) is 3.09. The standard InChI is InChI=1S/C10H13N3O2S/c1-13(6-9(14)15-2)8-5-12-4-3-7(8)10(11)16/h3-5H,6H2,1-2H3,(H2,11,16). The highest BCUT2D eigenvalue weighted by molar-refractivity contribution is 7.80. The average molecular weight is 239 g/mol. The number of carbonyl (C=O) groups excluding carboxylic acids is 1. The van der Waals surface area contributed by atoms with E-state index in [1.54, 1.807) is 30.4 Å². The Hall–Kier alpha value is -1.69. The largest absolute Gasteiger partial charge is 0.468 e. The molecule has 86 valence electrons. The number of ether oxygens (including phenoxy) is 1. The molecule has 5 nitrogen and oxygen atoms in total. The van der Waals surface area contributed by atoms with Crippen molar-refractivity contribution in [2.45, 2.75) is 0 Å². The molecule has 0 fully saturated rings. The first kappa shape index (κ1) is 12.4. The van der Waals surface area contributed by atoms with Gasteiger partial charge in [-0.3, -0.25) is 9.78 Å². The summed E-state index contributed by atoms with van der Waals surface area (Å²) in [4.78, 5) is 17.1. The number of aromatic nitrogens is 1. The van der Waals surface area contributed by atoms with Crippen LogP contribution in [0.4, 0.5) is 5.69 Å². The fourth-order valence-electron chi connectivity index (χ4n) is 1.24. The second kappa shape index (κ2) is 5.41. The quantitative estimate of drug-likeness (QED) is 0.603. The number of rotatable bonds is 4. The molecule has 0 aromatic carbocycles. The molecule has 0 aliphatic rings. The van der Waals surface area contributed by atoms with Crippen molar-refractivity contribution in [2.75, 3.05) is 25.6 Å². The maximum atomic E-state index is 11.1. The molecule has 0 radical (unpaired) electrons. The third-order valence-corrected chi connectivity index (χ3v) is 2.29. The van der Waals surface area contributed by atoms with E-state index < -0.39 is 0 Å². The predicted molar refractivity (Wildman–Crippen MR) is 65.4 cm³/mol. The van der Waals surface area contributed by atoms with Crippen molar-refractivity contribution in [1.82, 2.24) is 4.98 Å². The van der Waals surface area contributed by atoms with Gasteiger partial charge in [0, 0.05) is 18.8 Å². The van der Waals surface area contributed by atoms with E-state index in [1.165, 1.54) is 7.11 Å². The third-order valence-electron chi connectivity index (χ3n) is 2.07. The van der Waals surface area contributed by atoms with Crippen molar-refractivity contribution in [2.24, 2.45) is 5.73 Å². The molecule has 1 aromatic rings. The van der Waals surface area contributed by atoms with Gasteiger partial charge in [0.25, 0.3) is 0 Å². The third kappa shape index (κ3) is 2.90. The minimum Gasteiger partial charge on any atom is -0.468 e. The normalized spacial score (nSPS) is 9.62. The Morgan fingerprint density at radius 2 is 2.38 bits per heavy atom. The van der Waals surface area contributed by atoms with Gasteiger partial charge in [-0.15, -0.1) is 0 Å².